The number of rotatable bonds is 7. The summed E-state index contributed by atoms with van der Waals surface area (Å²) in [5, 5.41) is 0. The molecule has 0 aromatic heterocycles. The van der Waals surface area contributed by atoms with Gasteiger partial charge in [0.25, 0.3) is 0 Å². The zero-order chi connectivity index (χ0) is 15.1. The van der Waals surface area contributed by atoms with E-state index in [-0.39, 0.29) is 0 Å². The van der Waals surface area contributed by atoms with Crippen LogP contribution in [0.25, 0.3) is 0 Å². The molecule has 0 N–H and O–H groups in total. The fourth-order valence-corrected chi connectivity index (χ4v) is 2.79. The summed E-state index contributed by atoms with van der Waals surface area (Å²) in [6.07, 6.45) is 2.92. The summed E-state index contributed by atoms with van der Waals surface area (Å²) < 4.78 is 16.7. The fraction of sp³-hybridized carbons (Fsp3) is 0.647. The summed E-state index contributed by atoms with van der Waals surface area (Å²) in [6.45, 7) is 8.26. The van der Waals surface area contributed by atoms with Crippen molar-refractivity contribution in [2.75, 3.05) is 33.4 Å². The minimum Gasteiger partial charge on any atom is -0.497 e. The van der Waals surface area contributed by atoms with Crippen molar-refractivity contribution in [2.24, 2.45) is 0 Å². The van der Waals surface area contributed by atoms with Crippen LogP contribution in [0.15, 0.2) is 24.3 Å². The molecule has 1 aromatic rings. The molecule has 1 fully saturated rings. The molecule has 21 heavy (non-hydrogen) atoms. The molecule has 0 radical (unpaired) electrons. The molecule has 1 saturated heterocycles. The molecule has 2 atom stereocenters. The third-order valence-electron chi connectivity index (χ3n) is 3.67. The van der Waals surface area contributed by atoms with Crippen molar-refractivity contribution in [2.45, 2.75) is 38.9 Å². The molecule has 0 aliphatic carbocycles. The number of methoxy groups -OCH3 is 1. The summed E-state index contributed by atoms with van der Waals surface area (Å²) in [4.78, 5) is 2.49. The maximum absolute atomic E-state index is 5.76. The van der Waals surface area contributed by atoms with Crippen LogP contribution in [0.5, 0.6) is 11.5 Å². The van der Waals surface area contributed by atoms with Crippen LogP contribution in [0, 0.1) is 0 Å². The van der Waals surface area contributed by atoms with E-state index in [1.54, 1.807) is 7.11 Å². The Bertz CT molecular complexity index is 414. The van der Waals surface area contributed by atoms with E-state index < -0.39 is 0 Å². The van der Waals surface area contributed by atoms with Crippen LogP contribution in [0.1, 0.15) is 26.7 Å². The summed E-state index contributed by atoms with van der Waals surface area (Å²) in [5.74, 6) is 1.71. The molecule has 0 saturated carbocycles. The monoisotopic (exact) mass is 293 g/mol. The Morgan fingerprint density at radius 3 is 2.57 bits per heavy atom. The highest BCUT2D eigenvalue weighted by atomic mass is 16.5. The third-order valence-corrected chi connectivity index (χ3v) is 3.67. The number of hydrogen-bond acceptors (Lipinski definition) is 4. The van der Waals surface area contributed by atoms with Crippen molar-refractivity contribution in [1.29, 1.82) is 0 Å². The topological polar surface area (TPSA) is 30.9 Å². The van der Waals surface area contributed by atoms with Gasteiger partial charge in [0.15, 0.2) is 0 Å². The van der Waals surface area contributed by atoms with E-state index in [0.717, 1.165) is 50.6 Å². The molecule has 0 spiro atoms. The van der Waals surface area contributed by atoms with Crippen molar-refractivity contribution in [3.05, 3.63) is 24.3 Å². The molecule has 118 valence electrons. The molecule has 4 nitrogen and oxygen atoms in total. The molecule has 2 rings (SSSR count). The zero-order valence-corrected chi connectivity index (χ0v) is 13.4. The molecule has 4 heteroatoms. The van der Waals surface area contributed by atoms with Gasteiger partial charge in [0.1, 0.15) is 11.5 Å². The van der Waals surface area contributed by atoms with Gasteiger partial charge in [-0.3, -0.25) is 4.90 Å². The molecule has 1 aromatic carbocycles. The normalized spacial score (nSPS) is 23.0. The molecular formula is C17H27NO3. The van der Waals surface area contributed by atoms with Gasteiger partial charge in [-0.25, -0.2) is 0 Å². The second-order valence-electron chi connectivity index (χ2n) is 5.75. The van der Waals surface area contributed by atoms with E-state index in [0.29, 0.717) is 12.2 Å². The minimum absolute atomic E-state index is 0.349. The van der Waals surface area contributed by atoms with E-state index in [4.69, 9.17) is 14.2 Å². The molecule has 0 unspecified atom stereocenters. The van der Waals surface area contributed by atoms with Crippen molar-refractivity contribution >= 4 is 0 Å². The number of unbranched alkanes of at least 4 members (excludes halogenated alkanes) is 1. The Kier molecular flexibility index (Phi) is 6.33. The average Bonchev–Trinajstić information content (AvgIpc) is 2.46. The van der Waals surface area contributed by atoms with Gasteiger partial charge in [-0.15, -0.1) is 0 Å². The van der Waals surface area contributed by atoms with Crippen LogP contribution in [-0.4, -0.2) is 50.5 Å². The number of ether oxygens (including phenoxy) is 3. The first-order chi connectivity index (χ1) is 10.2. The number of morpholine rings is 1. The summed E-state index contributed by atoms with van der Waals surface area (Å²) in [7, 11) is 1.67. The first-order valence-electron chi connectivity index (χ1n) is 7.82. The Labute approximate surface area is 128 Å². The molecular weight excluding hydrogens is 266 g/mol. The zero-order valence-electron chi connectivity index (χ0n) is 13.4. The predicted molar refractivity (Wildman–Crippen MR) is 84.2 cm³/mol. The highest BCUT2D eigenvalue weighted by Crippen LogP contribution is 2.19. The Hall–Kier alpha value is -1.26. The highest BCUT2D eigenvalue weighted by molar-refractivity contribution is 5.32. The van der Waals surface area contributed by atoms with Gasteiger partial charge < -0.3 is 14.2 Å². The molecule has 1 aliphatic heterocycles. The van der Waals surface area contributed by atoms with Crippen LogP contribution in [0.2, 0.25) is 0 Å². The van der Waals surface area contributed by atoms with Gasteiger partial charge in [0.2, 0.25) is 0 Å². The largest absolute Gasteiger partial charge is 0.497 e. The van der Waals surface area contributed by atoms with Crippen molar-refractivity contribution in [1.82, 2.24) is 4.90 Å². The van der Waals surface area contributed by atoms with E-state index in [1.807, 2.05) is 24.3 Å². The number of hydrogen-bond donors (Lipinski definition) is 0. The molecule has 0 amide bonds. The summed E-state index contributed by atoms with van der Waals surface area (Å²) >= 11 is 0. The van der Waals surface area contributed by atoms with Gasteiger partial charge in [0, 0.05) is 19.2 Å². The van der Waals surface area contributed by atoms with Crippen LogP contribution >= 0.6 is 0 Å². The van der Waals surface area contributed by atoms with Crippen molar-refractivity contribution in [3.8, 4) is 11.5 Å². The summed E-state index contributed by atoms with van der Waals surface area (Å²) in [6, 6.07) is 7.76. The number of nitrogens with zero attached hydrogens (tertiary/aromatic N) is 1. The molecule has 1 aliphatic rings. The van der Waals surface area contributed by atoms with Crippen molar-refractivity contribution < 1.29 is 14.2 Å². The van der Waals surface area contributed by atoms with Gasteiger partial charge in [0.05, 0.1) is 25.9 Å². The lowest BCUT2D eigenvalue weighted by Crippen LogP contribution is -2.45. The van der Waals surface area contributed by atoms with E-state index in [1.165, 1.54) is 0 Å². The molecule has 0 bridgehead atoms. The Balaban J connectivity index is 1.61. The van der Waals surface area contributed by atoms with Gasteiger partial charge in [-0.2, -0.15) is 0 Å². The lowest BCUT2D eigenvalue weighted by molar-refractivity contribution is -0.0682. The maximum atomic E-state index is 5.76. The Morgan fingerprint density at radius 1 is 1.14 bits per heavy atom. The smallest absolute Gasteiger partial charge is 0.122 e. The van der Waals surface area contributed by atoms with Crippen LogP contribution in [0.3, 0.4) is 0 Å². The van der Waals surface area contributed by atoms with Gasteiger partial charge in [-0.1, -0.05) is 6.07 Å². The lowest BCUT2D eigenvalue weighted by atomic mass is 10.2. The molecule has 1 heterocycles. The quantitative estimate of drug-likeness (QED) is 0.723. The Morgan fingerprint density at radius 2 is 1.86 bits per heavy atom. The third kappa shape index (κ3) is 5.56. The second kappa shape index (κ2) is 8.25. The van der Waals surface area contributed by atoms with E-state index in [9.17, 15) is 0 Å². The van der Waals surface area contributed by atoms with E-state index >= 15 is 0 Å². The van der Waals surface area contributed by atoms with Gasteiger partial charge >= 0.3 is 0 Å². The van der Waals surface area contributed by atoms with E-state index in [2.05, 4.69) is 18.7 Å². The SMILES string of the molecule is COc1cccc(OCCCCN2C[C@H](C)O[C@@H](C)C2)c1. The van der Waals surface area contributed by atoms with Crippen LogP contribution in [-0.2, 0) is 4.74 Å². The predicted octanol–water partition coefficient (Wildman–Crippen LogP) is 2.96. The average molecular weight is 293 g/mol. The first kappa shape index (κ1) is 16.1. The standard InChI is InChI=1S/C17H27NO3/c1-14-12-18(13-15(2)21-14)9-4-5-10-20-17-8-6-7-16(11-17)19-3/h6-8,11,14-15H,4-5,9-10,12-13H2,1-3H3/t14-,15-/m0/s1. The fourth-order valence-electron chi connectivity index (χ4n) is 2.79. The van der Waals surface area contributed by atoms with Gasteiger partial charge in [-0.05, 0) is 45.4 Å². The summed E-state index contributed by atoms with van der Waals surface area (Å²) in [5.41, 5.74) is 0. The number of benzene rings is 1. The maximum Gasteiger partial charge on any atom is 0.122 e. The second-order valence-corrected chi connectivity index (χ2v) is 5.75. The lowest BCUT2D eigenvalue weighted by Gasteiger charge is -2.35. The highest BCUT2D eigenvalue weighted by Gasteiger charge is 2.21. The van der Waals surface area contributed by atoms with Crippen LogP contribution in [0.4, 0.5) is 0 Å². The van der Waals surface area contributed by atoms with Crippen LogP contribution < -0.4 is 9.47 Å². The minimum atomic E-state index is 0.349. The first-order valence-corrected chi connectivity index (χ1v) is 7.82. The van der Waals surface area contributed by atoms with Crippen molar-refractivity contribution in [3.63, 3.8) is 0 Å².